The van der Waals surface area contributed by atoms with Crippen LogP contribution in [0, 0.1) is 17.8 Å². The first kappa shape index (κ1) is 27.8. The van der Waals surface area contributed by atoms with Crippen LogP contribution >= 0.6 is 0 Å². The Balaban J connectivity index is -0.0000000865. The Morgan fingerprint density at radius 2 is 0.474 bits per heavy atom. The predicted molar refractivity (Wildman–Crippen MR) is 78.7 cm³/mol. The standard InChI is InChI=1S/3C5H11O.Ga/c3*1-4(2)5(3)6;/h3*4-5H,1-3H3;/q3*-1;+3. The van der Waals surface area contributed by atoms with E-state index >= 15 is 0 Å². The third-order valence-corrected chi connectivity index (χ3v) is 2.82. The molecule has 19 heavy (non-hydrogen) atoms. The molecule has 0 fully saturated rings. The molecule has 0 amide bonds. The van der Waals surface area contributed by atoms with E-state index in [9.17, 15) is 15.3 Å². The van der Waals surface area contributed by atoms with Gasteiger partial charge in [0.15, 0.2) is 0 Å². The molecule has 0 rings (SSSR count). The summed E-state index contributed by atoms with van der Waals surface area (Å²) in [6.45, 7) is 16.6. The van der Waals surface area contributed by atoms with Crippen LogP contribution in [0.4, 0.5) is 0 Å². The van der Waals surface area contributed by atoms with Gasteiger partial charge in [0.1, 0.15) is 0 Å². The summed E-state index contributed by atoms with van der Waals surface area (Å²) in [5.74, 6) is 0.889. The first-order valence-electron chi connectivity index (χ1n) is 6.90. The minimum absolute atomic E-state index is 0. The van der Waals surface area contributed by atoms with E-state index in [2.05, 4.69) is 0 Å². The van der Waals surface area contributed by atoms with Gasteiger partial charge in [-0.1, -0.05) is 80.1 Å². The number of rotatable bonds is 3. The van der Waals surface area contributed by atoms with Crippen molar-refractivity contribution in [3.63, 3.8) is 0 Å². The summed E-state index contributed by atoms with van der Waals surface area (Å²) in [6.07, 6.45) is -1.19. The third kappa shape index (κ3) is 32.2. The summed E-state index contributed by atoms with van der Waals surface area (Å²) in [5.41, 5.74) is 0. The Labute approximate surface area is 133 Å². The van der Waals surface area contributed by atoms with Crippen LogP contribution in [0.25, 0.3) is 0 Å². The molecule has 4 heteroatoms. The van der Waals surface area contributed by atoms with Crippen molar-refractivity contribution < 1.29 is 15.3 Å². The Kier molecular flexibility index (Phi) is 24.2. The molecule has 0 aliphatic heterocycles. The summed E-state index contributed by atoms with van der Waals surface area (Å²) in [7, 11) is 0. The molecule has 3 nitrogen and oxygen atoms in total. The van der Waals surface area contributed by atoms with Gasteiger partial charge < -0.3 is 15.3 Å². The van der Waals surface area contributed by atoms with Crippen molar-refractivity contribution in [2.75, 3.05) is 0 Å². The molecule has 0 saturated carbocycles. The van der Waals surface area contributed by atoms with Gasteiger partial charge in [0.05, 0.1) is 0 Å². The van der Waals surface area contributed by atoms with Gasteiger partial charge in [0.25, 0.3) is 0 Å². The van der Waals surface area contributed by atoms with E-state index in [1.807, 2.05) is 41.5 Å². The Hall–Kier alpha value is 0.516. The second-order valence-corrected chi connectivity index (χ2v) is 5.85. The van der Waals surface area contributed by atoms with E-state index in [0.717, 1.165) is 0 Å². The van der Waals surface area contributed by atoms with Crippen LogP contribution in [0.5, 0.6) is 0 Å². The van der Waals surface area contributed by atoms with Gasteiger partial charge in [-0.3, -0.25) is 0 Å². The topological polar surface area (TPSA) is 69.2 Å². The third-order valence-electron chi connectivity index (χ3n) is 2.82. The molecule has 0 bridgehead atoms. The molecule has 0 spiro atoms. The Bertz CT molecular complexity index is 109. The van der Waals surface area contributed by atoms with E-state index in [1.165, 1.54) is 0 Å². The normalized spacial score (nSPS) is 14.7. The molecule has 0 saturated heterocycles. The summed E-state index contributed by atoms with van der Waals surface area (Å²) in [4.78, 5) is 0. The second kappa shape index (κ2) is 16.6. The molecule has 0 aliphatic rings. The molecule has 0 radical (unpaired) electrons. The van der Waals surface area contributed by atoms with Crippen molar-refractivity contribution in [3.8, 4) is 0 Å². The largest absolute Gasteiger partial charge is 3.00 e. The molecule has 0 aliphatic carbocycles. The van der Waals surface area contributed by atoms with Gasteiger partial charge in [-0.05, 0) is 0 Å². The van der Waals surface area contributed by atoms with Crippen molar-refractivity contribution >= 4 is 19.8 Å². The SMILES string of the molecule is CC(C)C(C)[O-].CC(C)C(C)[O-].CC(C)C(C)[O-].[Ga+3]. The minimum atomic E-state index is -0.398. The first-order valence-corrected chi connectivity index (χ1v) is 6.90. The summed E-state index contributed by atoms with van der Waals surface area (Å²) in [5, 5.41) is 30.7. The zero-order valence-corrected chi connectivity index (χ0v) is 16.7. The Morgan fingerprint density at radius 1 is 0.421 bits per heavy atom. The van der Waals surface area contributed by atoms with Crippen LogP contribution in [0.1, 0.15) is 62.3 Å². The molecule has 0 aromatic carbocycles. The van der Waals surface area contributed by atoms with Crippen molar-refractivity contribution in [2.24, 2.45) is 17.8 Å². The Morgan fingerprint density at radius 3 is 0.474 bits per heavy atom. The van der Waals surface area contributed by atoms with Crippen LogP contribution in [0.2, 0.25) is 0 Å². The van der Waals surface area contributed by atoms with Crippen LogP contribution in [-0.2, 0) is 0 Å². The van der Waals surface area contributed by atoms with Crippen molar-refractivity contribution in [3.05, 3.63) is 0 Å². The number of hydrogen-bond acceptors (Lipinski definition) is 3. The van der Waals surface area contributed by atoms with Gasteiger partial charge in [-0.2, -0.15) is 0 Å². The van der Waals surface area contributed by atoms with Gasteiger partial charge in [0, 0.05) is 0 Å². The fourth-order valence-electron chi connectivity index (χ4n) is 0. The first-order chi connectivity index (χ1) is 7.93. The molecule has 114 valence electrons. The molecule has 0 aromatic heterocycles. The van der Waals surface area contributed by atoms with Gasteiger partial charge in [-0.25, -0.2) is 0 Å². The van der Waals surface area contributed by atoms with E-state index in [4.69, 9.17) is 0 Å². The van der Waals surface area contributed by atoms with E-state index < -0.39 is 18.3 Å². The maximum atomic E-state index is 10.2. The molecular formula is C15H33GaO3. The van der Waals surface area contributed by atoms with Gasteiger partial charge in [-0.15, -0.1) is 18.3 Å². The fraction of sp³-hybridized carbons (Fsp3) is 1.00. The summed E-state index contributed by atoms with van der Waals surface area (Å²) < 4.78 is 0. The quantitative estimate of drug-likeness (QED) is 0.718. The average Bonchev–Trinajstić information content (AvgIpc) is 2.18. The van der Waals surface area contributed by atoms with E-state index in [-0.39, 0.29) is 19.8 Å². The van der Waals surface area contributed by atoms with Crippen molar-refractivity contribution in [1.82, 2.24) is 0 Å². The maximum Gasteiger partial charge on any atom is 3.00 e. The van der Waals surface area contributed by atoms with Crippen LogP contribution in [0.15, 0.2) is 0 Å². The zero-order valence-electron chi connectivity index (χ0n) is 14.3. The molecular weight excluding hydrogens is 298 g/mol. The summed E-state index contributed by atoms with van der Waals surface area (Å²) >= 11 is 0. The predicted octanol–water partition coefficient (Wildman–Crippen LogP) is 0.793. The second-order valence-electron chi connectivity index (χ2n) is 5.85. The monoisotopic (exact) mass is 330 g/mol. The zero-order chi connectivity index (χ0) is 15.5. The molecule has 0 heterocycles. The van der Waals surface area contributed by atoms with Gasteiger partial charge >= 0.3 is 19.8 Å². The van der Waals surface area contributed by atoms with Crippen LogP contribution in [0.3, 0.4) is 0 Å². The van der Waals surface area contributed by atoms with E-state index in [1.54, 1.807) is 20.8 Å². The number of hydrogen-bond donors (Lipinski definition) is 0. The molecule has 0 aromatic rings. The molecule has 3 unspecified atom stereocenters. The minimum Gasteiger partial charge on any atom is -0.852 e. The average molecular weight is 331 g/mol. The smallest absolute Gasteiger partial charge is 0.852 e. The van der Waals surface area contributed by atoms with Gasteiger partial charge in [0.2, 0.25) is 0 Å². The van der Waals surface area contributed by atoms with Crippen LogP contribution < -0.4 is 15.3 Å². The van der Waals surface area contributed by atoms with E-state index in [0.29, 0.717) is 17.8 Å². The molecule has 0 N–H and O–H groups in total. The van der Waals surface area contributed by atoms with Crippen LogP contribution in [-0.4, -0.2) is 38.1 Å². The van der Waals surface area contributed by atoms with Crippen molar-refractivity contribution in [2.45, 2.75) is 80.6 Å². The molecule has 3 atom stereocenters. The maximum absolute atomic E-state index is 10.2. The fourth-order valence-corrected chi connectivity index (χ4v) is 0. The van der Waals surface area contributed by atoms with Crippen molar-refractivity contribution in [1.29, 1.82) is 0 Å². The summed E-state index contributed by atoms with van der Waals surface area (Å²) in [6, 6.07) is 0.